The number of esters is 1. The van der Waals surface area contributed by atoms with Crippen LogP contribution < -0.4 is 4.74 Å². The van der Waals surface area contributed by atoms with Crippen molar-refractivity contribution < 1.29 is 23.0 Å². The molecule has 0 unspecified atom stereocenters. The summed E-state index contributed by atoms with van der Waals surface area (Å²) in [6.07, 6.45) is 10.0. The molecule has 178 valence electrons. The van der Waals surface area contributed by atoms with Gasteiger partial charge in [0.2, 0.25) is 0 Å². The normalized spacial score (nSPS) is 15.3. The molecule has 1 aliphatic carbocycles. The van der Waals surface area contributed by atoms with Gasteiger partial charge >= 0.3 is 5.97 Å². The lowest BCUT2D eigenvalue weighted by Crippen LogP contribution is -2.42. The summed E-state index contributed by atoms with van der Waals surface area (Å²) in [4.78, 5) is 17.8. The molecule has 7 heteroatoms. The zero-order valence-electron chi connectivity index (χ0n) is 19.2. The lowest BCUT2D eigenvalue weighted by atomic mass is 9.90. The number of hydrogen-bond donors (Lipinski definition) is 1. The Morgan fingerprint density at radius 2 is 2.06 bits per heavy atom. The minimum atomic E-state index is -0.511. The Hall–Kier alpha value is -3.35. The van der Waals surface area contributed by atoms with Crippen LogP contribution in [-0.2, 0) is 11.2 Å². The van der Waals surface area contributed by atoms with Gasteiger partial charge in [-0.05, 0) is 80.5 Å². The van der Waals surface area contributed by atoms with Crippen LogP contribution in [0, 0.1) is 11.6 Å². The molecule has 0 atom stereocenters. The van der Waals surface area contributed by atoms with Crippen LogP contribution in [0.3, 0.4) is 0 Å². The maximum Gasteiger partial charge on any atom is 0.338 e. The van der Waals surface area contributed by atoms with Crippen LogP contribution in [0.15, 0.2) is 42.2 Å². The average molecular weight is 467 g/mol. The van der Waals surface area contributed by atoms with Crippen molar-refractivity contribution in [1.29, 1.82) is 0 Å². The summed E-state index contributed by atoms with van der Waals surface area (Å²) in [5.41, 5.74) is 3.78. The highest BCUT2D eigenvalue weighted by molar-refractivity contribution is 5.95. The van der Waals surface area contributed by atoms with Gasteiger partial charge in [0.25, 0.3) is 0 Å². The number of H-pyrrole nitrogens is 1. The van der Waals surface area contributed by atoms with E-state index in [1.807, 2.05) is 12.3 Å². The summed E-state index contributed by atoms with van der Waals surface area (Å²) >= 11 is 0. The van der Waals surface area contributed by atoms with E-state index in [0.29, 0.717) is 17.2 Å². The van der Waals surface area contributed by atoms with E-state index >= 15 is 0 Å². The molecule has 34 heavy (non-hydrogen) atoms. The molecule has 0 spiro atoms. The molecular weight excluding hydrogens is 438 g/mol. The molecule has 0 amide bonds. The highest BCUT2D eigenvalue weighted by Crippen LogP contribution is 2.36. The number of aromatic nitrogens is 1. The first kappa shape index (κ1) is 22.4. The molecule has 5 rings (SSSR count). The van der Waals surface area contributed by atoms with E-state index in [-0.39, 0.29) is 18.2 Å². The van der Waals surface area contributed by atoms with Crippen molar-refractivity contribution in [2.75, 3.05) is 20.3 Å². The molecule has 1 aliphatic heterocycles. The number of carbonyl (C=O) groups is 1. The Balaban J connectivity index is 1.31. The van der Waals surface area contributed by atoms with Crippen molar-refractivity contribution in [1.82, 2.24) is 9.88 Å². The first-order valence-corrected chi connectivity index (χ1v) is 11.8. The van der Waals surface area contributed by atoms with E-state index in [9.17, 15) is 13.6 Å². The molecule has 2 heterocycles. The van der Waals surface area contributed by atoms with Crippen LogP contribution >= 0.6 is 0 Å². The topological polar surface area (TPSA) is 54.6 Å². The number of ether oxygens (including phenoxy) is 2. The second-order valence-electron chi connectivity index (χ2n) is 8.99. The van der Waals surface area contributed by atoms with Crippen molar-refractivity contribution in [3.8, 4) is 5.75 Å². The Morgan fingerprint density at radius 3 is 2.82 bits per heavy atom. The summed E-state index contributed by atoms with van der Waals surface area (Å²) in [6.45, 7) is 1.11. The first-order valence-electron chi connectivity index (χ1n) is 11.8. The Bertz CT molecular complexity index is 1250. The fourth-order valence-electron chi connectivity index (χ4n) is 4.89. The van der Waals surface area contributed by atoms with Gasteiger partial charge < -0.3 is 19.4 Å². The molecule has 0 saturated heterocycles. The predicted octanol–water partition coefficient (Wildman–Crippen LogP) is 5.84. The van der Waals surface area contributed by atoms with E-state index in [1.165, 1.54) is 31.7 Å². The Kier molecular flexibility index (Phi) is 6.26. The van der Waals surface area contributed by atoms with Crippen LogP contribution in [0.5, 0.6) is 5.75 Å². The number of nitrogens with one attached hydrogen (secondary N) is 1. The van der Waals surface area contributed by atoms with Gasteiger partial charge in [-0.25, -0.2) is 13.6 Å². The van der Waals surface area contributed by atoms with Crippen LogP contribution in [0.4, 0.5) is 8.78 Å². The number of fused-ring (bicyclic) bond motifs is 2. The van der Waals surface area contributed by atoms with Crippen LogP contribution in [0.1, 0.15) is 53.6 Å². The van der Waals surface area contributed by atoms with Gasteiger partial charge in [0, 0.05) is 35.2 Å². The van der Waals surface area contributed by atoms with Gasteiger partial charge in [-0.3, -0.25) is 0 Å². The molecule has 1 fully saturated rings. The Labute approximate surface area is 197 Å². The van der Waals surface area contributed by atoms with Crippen LogP contribution in [0.25, 0.3) is 17.0 Å². The predicted molar refractivity (Wildman–Crippen MR) is 127 cm³/mol. The van der Waals surface area contributed by atoms with E-state index < -0.39 is 11.8 Å². The van der Waals surface area contributed by atoms with Crippen molar-refractivity contribution >= 4 is 22.9 Å². The van der Waals surface area contributed by atoms with Gasteiger partial charge in [0.1, 0.15) is 12.4 Å². The fraction of sp³-hybridized carbons (Fsp3) is 0.370. The summed E-state index contributed by atoms with van der Waals surface area (Å²) in [6, 6.07) is 7.93. The largest absolute Gasteiger partial charge is 0.484 e. The highest BCUT2D eigenvalue weighted by atomic mass is 19.1. The molecule has 5 nitrogen and oxygen atoms in total. The third kappa shape index (κ3) is 4.27. The zero-order chi connectivity index (χ0) is 23.7. The molecule has 1 N–H and O–H groups in total. The van der Waals surface area contributed by atoms with Crippen molar-refractivity contribution in [2.24, 2.45) is 0 Å². The number of benzene rings is 2. The maximum absolute atomic E-state index is 14.4. The number of rotatable bonds is 8. The van der Waals surface area contributed by atoms with E-state index in [1.54, 1.807) is 12.1 Å². The molecule has 2 aliphatic rings. The summed E-state index contributed by atoms with van der Waals surface area (Å²) in [5.74, 6) is -1.12. The number of hydrogen-bond acceptors (Lipinski definition) is 4. The molecular formula is C27H28F2N2O3. The lowest BCUT2D eigenvalue weighted by molar-refractivity contribution is 0.0599. The maximum atomic E-state index is 14.4. The minimum absolute atomic E-state index is 0.103. The number of nitrogens with zero attached hydrogens (tertiary/aromatic N) is 1. The summed E-state index contributed by atoms with van der Waals surface area (Å²) in [5, 5.41) is 0.938. The van der Waals surface area contributed by atoms with Crippen molar-refractivity contribution in [3.63, 3.8) is 0 Å². The number of aryl methyl sites for hydroxylation is 1. The van der Waals surface area contributed by atoms with Gasteiger partial charge in [0.05, 0.1) is 18.4 Å². The monoisotopic (exact) mass is 466 g/mol. The molecule has 0 bridgehead atoms. The smallest absolute Gasteiger partial charge is 0.338 e. The molecule has 2 aromatic carbocycles. The Morgan fingerprint density at radius 1 is 1.21 bits per heavy atom. The minimum Gasteiger partial charge on any atom is -0.484 e. The van der Waals surface area contributed by atoms with Gasteiger partial charge in [0.15, 0.2) is 11.6 Å². The van der Waals surface area contributed by atoms with Gasteiger partial charge in [-0.1, -0.05) is 0 Å². The summed E-state index contributed by atoms with van der Waals surface area (Å²) in [7, 11) is 1.31. The second kappa shape index (κ2) is 9.49. The van der Waals surface area contributed by atoms with E-state index in [0.717, 1.165) is 60.8 Å². The van der Waals surface area contributed by atoms with Gasteiger partial charge in [-0.2, -0.15) is 0 Å². The third-order valence-corrected chi connectivity index (χ3v) is 6.94. The fourth-order valence-corrected chi connectivity index (χ4v) is 4.89. The molecule has 0 radical (unpaired) electrons. The number of unbranched alkanes of at least 4 members (excludes halogenated alkanes) is 1. The molecule has 1 aromatic heterocycles. The van der Waals surface area contributed by atoms with Gasteiger partial charge in [-0.15, -0.1) is 0 Å². The van der Waals surface area contributed by atoms with E-state index in [2.05, 4.69) is 9.88 Å². The zero-order valence-corrected chi connectivity index (χ0v) is 19.2. The van der Waals surface area contributed by atoms with Crippen molar-refractivity contribution in [3.05, 3.63) is 70.6 Å². The third-order valence-electron chi connectivity index (χ3n) is 6.94. The highest BCUT2D eigenvalue weighted by Gasteiger charge is 2.30. The number of methoxy groups -OCH3 is 1. The molecule has 3 aromatic rings. The number of carbonyl (C=O) groups excluding carboxylic acids is 1. The number of aromatic amines is 1. The second-order valence-corrected chi connectivity index (χ2v) is 8.99. The van der Waals surface area contributed by atoms with Crippen LogP contribution in [0.2, 0.25) is 0 Å². The van der Waals surface area contributed by atoms with E-state index in [4.69, 9.17) is 9.47 Å². The van der Waals surface area contributed by atoms with Crippen molar-refractivity contribution in [2.45, 2.75) is 44.6 Å². The average Bonchev–Trinajstić information content (AvgIpc) is 3.21. The van der Waals surface area contributed by atoms with Crippen LogP contribution in [-0.4, -0.2) is 42.2 Å². The quantitative estimate of drug-likeness (QED) is 0.335. The molecule has 1 saturated carbocycles. The summed E-state index contributed by atoms with van der Waals surface area (Å²) < 4.78 is 38.7. The lowest BCUT2D eigenvalue weighted by Gasteiger charge is -2.41. The number of halogens is 2. The first-order chi connectivity index (χ1) is 16.5. The SMILES string of the molecule is COC(=O)c1ccc(F)c2c1C=C(N(CCCCc1c[nH]c3ccc(F)cc13)C1CCC1)CO2. The standard InChI is InChI=1S/C27H28F2N2O3/c1-33-27(32)21-9-10-24(29)26-23(21)14-20(16-34-26)31(19-6-4-7-19)12-3-2-5-17-15-30-25-11-8-18(28)13-22(17)25/h8-11,13-15,19,30H,2-7,12,16H2,1H3.